The average Bonchev–Trinajstić information content (AvgIpc) is 2.96. The Morgan fingerprint density at radius 3 is 2.57 bits per heavy atom. The Hall–Kier alpha value is -2.12. The number of hydrogen-bond donors (Lipinski definition) is 0. The molecule has 2 heterocycles. The van der Waals surface area contributed by atoms with Gasteiger partial charge in [-0.05, 0) is 73.7 Å². The zero-order valence-electron chi connectivity index (χ0n) is 15.5. The molecule has 0 bridgehead atoms. The average molecular weight is 509 g/mol. The number of aryl methyl sites for hydroxylation is 1. The number of carbonyl (C=O) groups is 1. The third kappa shape index (κ3) is 4.83. The van der Waals surface area contributed by atoms with Gasteiger partial charge in [-0.2, -0.15) is 0 Å². The molecule has 0 N–H and O–H groups in total. The van der Waals surface area contributed by atoms with Gasteiger partial charge in [-0.15, -0.1) is 0 Å². The van der Waals surface area contributed by atoms with Crippen molar-refractivity contribution >= 4 is 43.9 Å². The third-order valence-electron chi connectivity index (χ3n) is 4.19. The Labute approximate surface area is 180 Å². The monoisotopic (exact) mass is 507 g/mol. The van der Waals surface area contributed by atoms with E-state index in [2.05, 4.69) is 49.8 Å². The van der Waals surface area contributed by atoms with Crippen LogP contribution in [0.3, 0.4) is 0 Å². The van der Waals surface area contributed by atoms with Gasteiger partial charge in [-0.1, -0.05) is 19.1 Å². The second-order valence-electron chi connectivity index (χ2n) is 6.05. The standard InChI is InChI=1S/C21H19Br2NO4/c1-3-13-4-6-15(24-12-13)8-9-27-16-7-5-14(10-17(16)26-2)11-18-19(22)20(23)21(25)28-18/h4-7,10-12H,3,8-9H2,1-2H3/b18-11-. The number of carbonyl (C=O) groups excluding carboxylic acids is 1. The van der Waals surface area contributed by atoms with Gasteiger partial charge in [0.15, 0.2) is 11.5 Å². The van der Waals surface area contributed by atoms with E-state index in [1.54, 1.807) is 13.2 Å². The summed E-state index contributed by atoms with van der Waals surface area (Å²) in [6.07, 6.45) is 5.34. The number of rotatable bonds is 7. The van der Waals surface area contributed by atoms with Gasteiger partial charge >= 0.3 is 5.97 Å². The summed E-state index contributed by atoms with van der Waals surface area (Å²) in [5.41, 5.74) is 3.03. The van der Waals surface area contributed by atoms with Gasteiger partial charge in [-0.25, -0.2) is 4.79 Å². The van der Waals surface area contributed by atoms with Crippen LogP contribution in [-0.4, -0.2) is 24.7 Å². The summed E-state index contributed by atoms with van der Waals surface area (Å²) in [7, 11) is 1.59. The molecule has 0 unspecified atom stereocenters. The quantitative estimate of drug-likeness (QED) is 0.482. The molecule has 3 rings (SSSR count). The van der Waals surface area contributed by atoms with Crippen molar-refractivity contribution in [2.75, 3.05) is 13.7 Å². The van der Waals surface area contributed by atoms with Gasteiger partial charge in [0.1, 0.15) is 10.2 Å². The summed E-state index contributed by atoms with van der Waals surface area (Å²) in [4.78, 5) is 16.0. The summed E-state index contributed by atoms with van der Waals surface area (Å²) in [6, 6.07) is 9.66. The van der Waals surface area contributed by atoms with E-state index in [1.807, 2.05) is 30.5 Å². The Balaban J connectivity index is 1.67. The van der Waals surface area contributed by atoms with Gasteiger partial charge in [0.25, 0.3) is 0 Å². The van der Waals surface area contributed by atoms with Gasteiger partial charge in [-0.3, -0.25) is 4.98 Å². The van der Waals surface area contributed by atoms with Crippen LogP contribution in [0.4, 0.5) is 0 Å². The first-order chi connectivity index (χ1) is 13.5. The largest absolute Gasteiger partial charge is 0.493 e. The van der Waals surface area contributed by atoms with E-state index in [1.165, 1.54) is 5.56 Å². The van der Waals surface area contributed by atoms with Crippen LogP contribution in [0.5, 0.6) is 11.5 Å². The number of pyridine rings is 1. The molecule has 0 aliphatic carbocycles. The van der Waals surface area contributed by atoms with Crippen molar-refractivity contribution < 1.29 is 19.0 Å². The maximum absolute atomic E-state index is 11.6. The summed E-state index contributed by atoms with van der Waals surface area (Å²) < 4.78 is 17.5. The van der Waals surface area contributed by atoms with Crippen molar-refractivity contribution in [1.82, 2.24) is 4.98 Å². The van der Waals surface area contributed by atoms with Crippen molar-refractivity contribution in [3.8, 4) is 11.5 Å². The smallest absolute Gasteiger partial charge is 0.351 e. The molecule has 0 saturated heterocycles. The minimum absolute atomic E-state index is 0.367. The molecule has 1 aliphatic heterocycles. The molecule has 0 fully saturated rings. The number of methoxy groups -OCH3 is 1. The number of aromatic nitrogens is 1. The fraction of sp³-hybridized carbons (Fsp3) is 0.238. The van der Waals surface area contributed by atoms with Gasteiger partial charge in [0.05, 0.1) is 18.2 Å². The minimum atomic E-state index is -0.425. The second-order valence-corrected chi connectivity index (χ2v) is 7.63. The van der Waals surface area contributed by atoms with Crippen molar-refractivity contribution in [1.29, 1.82) is 0 Å². The number of benzene rings is 1. The molecule has 28 heavy (non-hydrogen) atoms. The molecule has 146 valence electrons. The Morgan fingerprint density at radius 2 is 1.96 bits per heavy atom. The van der Waals surface area contributed by atoms with E-state index in [0.29, 0.717) is 39.3 Å². The van der Waals surface area contributed by atoms with Crippen LogP contribution in [-0.2, 0) is 22.4 Å². The number of esters is 1. The lowest BCUT2D eigenvalue weighted by molar-refractivity contribution is -0.132. The SMILES string of the molecule is CCc1ccc(CCOc2ccc(/C=C3\OC(=O)C(Br)=C3Br)cc2OC)nc1. The topological polar surface area (TPSA) is 57.7 Å². The summed E-state index contributed by atoms with van der Waals surface area (Å²) in [5.74, 6) is 1.26. The Morgan fingerprint density at radius 1 is 1.14 bits per heavy atom. The first-order valence-corrected chi connectivity index (χ1v) is 10.3. The second kappa shape index (κ2) is 9.39. The zero-order chi connectivity index (χ0) is 20.1. The minimum Gasteiger partial charge on any atom is -0.493 e. The number of halogens is 2. The summed E-state index contributed by atoms with van der Waals surface area (Å²) in [6.45, 7) is 2.60. The van der Waals surface area contributed by atoms with Crippen LogP contribution in [0.25, 0.3) is 6.08 Å². The van der Waals surface area contributed by atoms with E-state index in [0.717, 1.165) is 17.7 Å². The van der Waals surface area contributed by atoms with Crippen molar-refractivity contribution in [3.05, 3.63) is 68.1 Å². The molecular formula is C21H19Br2NO4. The van der Waals surface area contributed by atoms with Gasteiger partial charge < -0.3 is 14.2 Å². The van der Waals surface area contributed by atoms with E-state index in [9.17, 15) is 4.79 Å². The fourth-order valence-electron chi connectivity index (χ4n) is 2.60. The molecule has 1 aliphatic rings. The van der Waals surface area contributed by atoms with Crippen LogP contribution in [0.1, 0.15) is 23.7 Å². The predicted octanol–water partition coefficient (Wildman–Crippen LogP) is 5.17. The highest BCUT2D eigenvalue weighted by atomic mass is 79.9. The maximum atomic E-state index is 11.6. The van der Waals surface area contributed by atoms with Crippen LogP contribution in [0, 0.1) is 0 Å². The molecule has 1 aromatic carbocycles. The maximum Gasteiger partial charge on any atom is 0.351 e. The molecule has 0 spiro atoms. The number of allylic oxidation sites excluding steroid dienone is 1. The molecule has 0 saturated carbocycles. The number of nitrogens with zero attached hydrogens (tertiary/aromatic N) is 1. The zero-order valence-corrected chi connectivity index (χ0v) is 18.7. The normalized spacial score (nSPS) is 15.1. The predicted molar refractivity (Wildman–Crippen MR) is 115 cm³/mol. The number of hydrogen-bond acceptors (Lipinski definition) is 5. The molecule has 7 heteroatoms. The first kappa shape index (κ1) is 20.6. The molecule has 1 aromatic heterocycles. The molecule has 2 aromatic rings. The van der Waals surface area contributed by atoms with Crippen molar-refractivity contribution in [3.63, 3.8) is 0 Å². The van der Waals surface area contributed by atoms with Gasteiger partial charge in [0.2, 0.25) is 0 Å². The Kier molecular flexibility index (Phi) is 6.91. The summed E-state index contributed by atoms with van der Waals surface area (Å²) >= 11 is 6.53. The van der Waals surface area contributed by atoms with Crippen LogP contribution < -0.4 is 9.47 Å². The number of cyclic esters (lactones) is 1. The van der Waals surface area contributed by atoms with E-state index < -0.39 is 5.97 Å². The highest BCUT2D eigenvalue weighted by Crippen LogP contribution is 2.36. The lowest BCUT2D eigenvalue weighted by Gasteiger charge is -2.11. The highest BCUT2D eigenvalue weighted by molar-refractivity contribution is 9.14. The molecule has 0 amide bonds. The van der Waals surface area contributed by atoms with E-state index in [-0.39, 0.29) is 0 Å². The van der Waals surface area contributed by atoms with E-state index in [4.69, 9.17) is 14.2 Å². The molecule has 0 radical (unpaired) electrons. The fourth-order valence-corrected chi connectivity index (χ4v) is 3.24. The Bertz CT molecular complexity index is 936. The molecular weight excluding hydrogens is 490 g/mol. The number of ether oxygens (including phenoxy) is 3. The lowest BCUT2D eigenvalue weighted by atomic mass is 10.1. The molecule has 0 atom stereocenters. The molecule has 5 nitrogen and oxygen atoms in total. The summed E-state index contributed by atoms with van der Waals surface area (Å²) in [5, 5.41) is 0. The van der Waals surface area contributed by atoms with Crippen LogP contribution >= 0.6 is 31.9 Å². The van der Waals surface area contributed by atoms with Crippen LogP contribution in [0.15, 0.2) is 51.3 Å². The van der Waals surface area contributed by atoms with Gasteiger partial charge in [0, 0.05) is 18.3 Å². The van der Waals surface area contributed by atoms with Crippen LogP contribution in [0.2, 0.25) is 0 Å². The van der Waals surface area contributed by atoms with E-state index >= 15 is 0 Å². The first-order valence-electron chi connectivity index (χ1n) is 8.76. The van der Waals surface area contributed by atoms with Crippen molar-refractivity contribution in [2.45, 2.75) is 19.8 Å². The highest BCUT2D eigenvalue weighted by Gasteiger charge is 2.26. The lowest BCUT2D eigenvalue weighted by Crippen LogP contribution is -2.04. The third-order valence-corrected chi connectivity index (χ3v) is 6.23. The van der Waals surface area contributed by atoms with Crippen molar-refractivity contribution in [2.24, 2.45) is 0 Å².